The first-order chi connectivity index (χ1) is 8.26. The first-order valence-electron chi connectivity index (χ1n) is 5.01. The third-order valence-corrected chi connectivity index (χ3v) is 2.01. The van der Waals surface area contributed by atoms with Crippen LogP contribution < -0.4 is 4.74 Å². The highest BCUT2D eigenvalue weighted by atomic mass is 19.4. The lowest BCUT2D eigenvalue weighted by molar-refractivity contribution is -0.274. The predicted octanol–water partition coefficient (Wildman–Crippen LogP) is 2.10. The first-order valence-corrected chi connectivity index (χ1v) is 5.01. The van der Waals surface area contributed by atoms with Crippen LogP contribution in [0.2, 0.25) is 0 Å². The van der Waals surface area contributed by atoms with Crippen LogP contribution >= 0.6 is 0 Å². The van der Waals surface area contributed by atoms with Gasteiger partial charge in [-0.15, -0.1) is 13.2 Å². The fraction of sp³-hybridized carbons (Fsp3) is 0.364. The second kappa shape index (κ2) is 5.72. The zero-order valence-corrected chi connectivity index (χ0v) is 9.57. The van der Waals surface area contributed by atoms with Crippen molar-refractivity contribution in [2.75, 3.05) is 13.6 Å². The summed E-state index contributed by atoms with van der Waals surface area (Å²) in [4.78, 5) is 12.0. The minimum Gasteiger partial charge on any atom is -0.480 e. The zero-order valence-electron chi connectivity index (χ0n) is 9.57. The van der Waals surface area contributed by atoms with Gasteiger partial charge in [-0.2, -0.15) is 0 Å². The van der Waals surface area contributed by atoms with E-state index >= 15 is 0 Å². The largest absolute Gasteiger partial charge is 0.573 e. The number of aliphatic carboxylic acids is 1. The molecule has 0 saturated heterocycles. The number of benzene rings is 1. The van der Waals surface area contributed by atoms with Gasteiger partial charge in [0.2, 0.25) is 0 Å². The second-order valence-corrected chi connectivity index (χ2v) is 3.76. The fourth-order valence-electron chi connectivity index (χ4n) is 1.40. The number of likely N-dealkylation sites (N-methyl/N-ethyl adjacent to an activating group) is 1. The Balaban J connectivity index is 2.57. The van der Waals surface area contributed by atoms with Crippen molar-refractivity contribution in [2.45, 2.75) is 12.9 Å². The van der Waals surface area contributed by atoms with Crippen molar-refractivity contribution >= 4 is 5.97 Å². The maximum Gasteiger partial charge on any atom is 0.573 e. The molecule has 0 radical (unpaired) electrons. The molecule has 0 spiro atoms. The molecule has 0 aliphatic rings. The molecule has 0 bridgehead atoms. The van der Waals surface area contributed by atoms with Crippen molar-refractivity contribution in [3.63, 3.8) is 0 Å². The van der Waals surface area contributed by atoms with E-state index in [1.807, 2.05) is 0 Å². The molecule has 0 atom stereocenters. The molecule has 0 unspecified atom stereocenters. The number of carbonyl (C=O) groups is 1. The molecule has 18 heavy (non-hydrogen) atoms. The molecule has 0 fully saturated rings. The highest BCUT2D eigenvalue weighted by molar-refractivity contribution is 5.69. The highest BCUT2D eigenvalue weighted by Gasteiger charge is 2.30. The molecule has 0 aliphatic heterocycles. The number of halogens is 3. The summed E-state index contributed by atoms with van der Waals surface area (Å²) in [5, 5.41) is 8.55. The molecule has 0 aromatic heterocycles. The molecule has 100 valence electrons. The van der Waals surface area contributed by atoms with E-state index in [2.05, 4.69) is 4.74 Å². The van der Waals surface area contributed by atoms with Crippen LogP contribution in [0.5, 0.6) is 5.75 Å². The lowest BCUT2D eigenvalue weighted by Crippen LogP contribution is -2.25. The van der Waals surface area contributed by atoms with Gasteiger partial charge in [-0.25, -0.2) is 0 Å². The number of rotatable bonds is 5. The van der Waals surface area contributed by atoms with Gasteiger partial charge in [0.25, 0.3) is 0 Å². The van der Waals surface area contributed by atoms with E-state index in [4.69, 9.17) is 5.11 Å². The van der Waals surface area contributed by atoms with Crippen LogP contribution in [-0.4, -0.2) is 35.9 Å². The van der Waals surface area contributed by atoms with E-state index in [1.54, 1.807) is 7.05 Å². The second-order valence-electron chi connectivity index (χ2n) is 3.76. The van der Waals surface area contributed by atoms with Gasteiger partial charge in [-0.05, 0) is 24.7 Å². The van der Waals surface area contributed by atoms with Crippen LogP contribution in [0.3, 0.4) is 0 Å². The predicted molar refractivity (Wildman–Crippen MR) is 57.1 cm³/mol. The number of carboxylic acids is 1. The molecule has 1 aromatic carbocycles. The van der Waals surface area contributed by atoms with E-state index in [0.717, 1.165) is 0 Å². The lowest BCUT2D eigenvalue weighted by Gasteiger charge is -2.14. The standard InChI is InChI=1S/C11H12F3NO3/c1-15(7-10(16)17)6-8-2-4-9(5-3-8)18-11(12,13)14/h2-5H,6-7H2,1H3,(H,16,17). The minimum atomic E-state index is -4.71. The summed E-state index contributed by atoms with van der Waals surface area (Å²) in [6.45, 7) is 0.194. The third kappa shape index (κ3) is 5.53. The monoisotopic (exact) mass is 263 g/mol. The van der Waals surface area contributed by atoms with Gasteiger partial charge >= 0.3 is 12.3 Å². The van der Waals surface area contributed by atoms with E-state index in [-0.39, 0.29) is 12.3 Å². The quantitative estimate of drug-likeness (QED) is 0.883. The summed E-state index contributed by atoms with van der Waals surface area (Å²) in [7, 11) is 1.61. The van der Waals surface area contributed by atoms with Crippen molar-refractivity contribution in [1.82, 2.24) is 4.90 Å². The summed E-state index contributed by atoms with van der Waals surface area (Å²) >= 11 is 0. The van der Waals surface area contributed by atoms with Crippen molar-refractivity contribution in [3.8, 4) is 5.75 Å². The Morgan fingerprint density at radius 3 is 2.33 bits per heavy atom. The Bertz CT molecular complexity index is 403. The van der Waals surface area contributed by atoms with Gasteiger partial charge in [-0.3, -0.25) is 9.69 Å². The topological polar surface area (TPSA) is 49.8 Å². The molecular formula is C11H12F3NO3. The van der Waals surface area contributed by atoms with Gasteiger partial charge in [0.05, 0.1) is 6.54 Å². The van der Waals surface area contributed by atoms with Gasteiger partial charge in [0.1, 0.15) is 5.75 Å². The van der Waals surface area contributed by atoms with Crippen molar-refractivity contribution in [1.29, 1.82) is 0 Å². The van der Waals surface area contributed by atoms with Crippen molar-refractivity contribution in [3.05, 3.63) is 29.8 Å². The molecule has 1 aromatic rings. The normalized spacial score (nSPS) is 11.6. The van der Waals surface area contributed by atoms with Crippen molar-refractivity contribution in [2.24, 2.45) is 0 Å². The average Bonchev–Trinajstić information content (AvgIpc) is 2.17. The number of ether oxygens (including phenoxy) is 1. The summed E-state index contributed by atoms with van der Waals surface area (Å²) < 4.78 is 39.4. The van der Waals surface area contributed by atoms with Crippen molar-refractivity contribution < 1.29 is 27.8 Å². The fourth-order valence-corrected chi connectivity index (χ4v) is 1.40. The van der Waals surface area contributed by atoms with Gasteiger partial charge in [0.15, 0.2) is 0 Å². The van der Waals surface area contributed by atoms with Gasteiger partial charge in [-0.1, -0.05) is 12.1 Å². The van der Waals surface area contributed by atoms with E-state index in [0.29, 0.717) is 12.1 Å². The SMILES string of the molecule is CN(CC(=O)O)Cc1ccc(OC(F)(F)F)cc1. The molecule has 0 heterocycles. The number of carboxylic acid groups (broad SMARTS) is 1. The summed E-state index contributed by atoms with van der Waals surface area (Å²) in [6.07, 6.45) is -4.71. The number of alkyl halides is 3. The molecule has 0 amide bonds. The highest BCUT2D eigenvalue weighted by Crippen LogP contribution is 2.22. The molecule has 0 saturated carbocycles. The Labute approximate surface area is 102 Å². The minimum absolute atomic E-state index is 0.138. The van der Waals surface area contributed by atoms with E-state index < -0.39 is 12.3 Å². The molecular weight excluding hydrogens is 251 g/mol. The van der Waals surface area contributed by atoms with Crippen LogP contribution in [0.4, 0.5) is 13.2 Å². The maximum atomic E-state index is 11.9. The molecule has 4 nitrogen and oxygen atoms in total. The van der Waals surface area contributed by atoms with E-state index in [1.165, 1.54) is 29.2 Å². The first kappa shape index (κ1) is 14.3. The molecule has 0 aliphatic carbocycles. The number of hydrogen-bond donors (Lipinski definition) is 1. The summed E-state index contributed by atoms with van der Waals surface area (Å²) in [5.41, 5.74) is 0.702. The summed E-state index contributed by atoms with van der Waals surface area (Å²) in [5.74, 6) is -1.26. The average molecular weight is 263 g/mol. The van der Waals surface area contributed by atoms with Crippen LogP contribution in [0.25, 0.3) is 0 Å². The maximum absolute atomic E-state index is 11.9. The number of nitrogens with zero attached hydrogens (tertiary/aromatic N) is 1. The Morgan fingerprint density at radius 1 is 1.33 bits per heavy atom. The van der Waals surface area contributed by atoms with Gasteiger partial charge in [0, 0.05) is 6.54 Å². The van der Waals surface area contributed by atoms with Crippen LogP contribution in [0, 0.1) is 0 Å². The summed E-state index contributed by atoms with van der Waals surface area (Å²) in [6, 6.07) is 5.30. The van der Waals surface area contributed by atoms with E-state index in [9.17, 15) is 18.0 Å². The zero-order chi connectivity index (χ0) is 13.8. The van der Waals surface area contributed by atoms with Gasteiger partial charge < -0.3 is 9.84 Å². The van der Waals surface area contributed by atoms with Crippen LogP contribution in [0.15, 0.2) is 24.3 Å². The Hall–Kier alpha value is -1.76. The Morgan fingerprint density at radius 2 is 1.89 bits per heavy atom. The molecule has 1 N–H and O–H groups in total. The molecule has 1 rings (SSSR count). The number of hydrogen-bond acceptors (Lipinski definition) is 3. The smallest absolute Gasteiger partial charge is 0.480 e. The van der Waals surface area contributed by atoms with Crippen LogP contribution in [0.1, 0.15) is 5.56 Å². The third-order valence-electron chi connectivity index (χ3n) is 2.01. The lowest BCUT2D eigenvalue weighted by atomic mass is 10.2. The Kier molecular flexibility index (Phi) is 4.55. The molecule has 7 heteroatoms. The van der Waals surface area contributed by atoms with Crippen LogP contribution in [-0.2, 0) is 11.3 Å².